The first-order valence-electron chi connectivity index (χ1n) is 12.8. The van der Waals surface area contributed by atoms with Crippen molar-refractivity contribution in [3.05, 3.63) is 23.0 Å². The lowest BCUT2D eigenvalue weighted by Crippen LogP contribution is -2.73. The number of amides is 2. The third-order valence-corrected chi connectivity index (χ3v) is 8.76. The maximum Gasteiger partial charge on any atom is 0.362 e. The average molecular weight is 641 g/mol. The Morgan fingerprint density at radius 1 is 1.40 bits per heavy atom. The van der Waals surface area contributed by atoms with E-state index in [4.69, 9.17) is 21.7 Å². The topological polar surface area (TPSA) is 297 Å². The first kappa shape index (κ1) is 30.1. The molecule has 1 aliphatic carbocycles. The molecule has 5 rings (SSSR count). The summed E-state index contributed by atoms with van der Waals surface area (Å²) in [5, 5.41) is 36.3. The Hall–Kier alpha value is -4.41. The largest absolute Gasteiger partial charge is 0.478 e. The van der Waals surface area contributed by atoms with E-state index in [2.05, 4.69) is 31.0 Å². The minimum absolute atomic E-state index is 0.0280. The third kappa shape index (κ3) is 6.21. The van der Waals surface area contributed by atoms with Crippen LogP contribution in [0.15, 0.2) is 16.7 Å². The number of nitrogens with one attached hydrogen (secondary N) is 3. The van der Waals surface area contributed by atoms with Crippen molar-refractivity contribution in [1.82, 2.24) is 39.8 Å². The van der Waals surface area contributed by atoms with E-state index in [0.29, 0.717) is 12.2 Å². The highest BCUT2D eigenvalue weighted by atomic mass is 32.2. The molecule has 4 heterocycles. The van der Waals surface area contributed by atoms with Gasteiger partial charge < -0.3 is 36.9 Å². The van der Waals surface area contributed by atoms with E-state index in [0.717, 1.165) is 29.1 Å². The van der Waals surface area contributed by atoms with Crippen LogP contribution in [-0.4, -0.2) is 114 Å². The van der Waals surface area contributed by atoms with Crippen LogP contribution in [0.1, 0.15) is 30.7 Å². The molecule has 3 fully saturated rings. The molecule has 20 nitrogen and oxygen atoms in total. The third-order valence-electron chi connectivity index (χ3n) is 7.14. The van der Waals surface area contributed by atoms with Crippen molar-refractivity contribution < 1.29 is 37.3 Å². The van der Waals surface area contributed by atoms with Gasteiger partial charge in [-0.25, -0.2) is 14.1 Å². The number of nitrogen functional groups attached to an aromatic ring is 1. The van der Waals surface area contributed by atoms with Crippen LogP contribution in [0.3, 0.4) is 0 Å². The summed E-state index contributed by atoms with van der Waals surface area (Å²) in [4.78, 5) is 49.4. The van der Waals surface area contributed by atoms with E-state index in [1.807, 2.05) is 0 Å². The summed E-state index contributed by atoms with van der Waals surface area (Å²) >= 11 is 0.965. The number of guanidine groups is 1. The highest BCUT2D eigenvalue weighted by Gasteiger charge is 2.56. The van der Waals surface area contributed by atoms with Gasteiger partial charge in [0.2, 0.25) is 5.60 Å². The number of carbonyl (C=O) groups is 3. The Morgan fingerprint density at radius 2 is 2.14 bits per heavy atom. The zero-order chi connectivity index (χ0) is 31.1. The molecule has 22 heteroatoms. The molecule has 0 bridgehead atoms. The summed E-state index contributed by atoms with van der Waals surface area (Å²) in [5.41, 5.74) is 9.65. The summed E-state index contributed by atoms with van der Waals surface area (Å²) in [6.45, 7) is 1.17. The summed E-state index contributed by atoms with van der Waals surface area (Å²) in [5.74, 6) is -3.62. The van der Waals surface area contributed by atoms with E-state index in [9.17, 15) is 32.5 Å². The molecule has 43 heavy (non-hydrogen) atoms. The number of β-lactam (4-membered cyclic amide) rings is 1. The van der Waals surface area contributed by atoms with E-state index < -0.39 is 51.5 Å². The molecule has 2 aromatic heterocycles. The molecule has 2 aliphatic heterocycles. The molecule has 2 aromatic rings. The number of anilines is 1. The van der Waals surface area contributed by atoms with E-state index in [1.165, 1.54) is 11.6 Å². The van der Waals surface area contributed by atoms with E-state index >= 15 is 0 Å². The van der Waals surface area contributed by atoms with Gasteiger partial charge in [-0.1, -0.05) is 5.16 Å². The summed E-state index contributed by atoms with van der Waals surface area (Å²) < 4.78 is 33.9. The Labute approximate surface area is 247 Å². The van der Waals surface area contributed by atoms with Crippen LogP contribution >= 0.6 is 11.3 Å². The zero-order valence-electron chi connectivity index (χ0n) is 22.3. The number of carboxylic acid groups (broad SMARTS) is 1. The number of carboxylic acids is 1. The quantitative estimate of drug-likeness (QED) is 0.0398. The Kier molecular flexibility index (Phi) is 7.93. The Morgan fingerprint density at radius 3 is 2.70 bits per heavy atom. The number of aliphatic carboxylic acids is 1. The predicted molar refractivity (Wildman–Crippen MR) is 147 cm³/mol. The maximum absolute atomic E-state index is 13.3. The molecular weight excluding hydrogens is 612 g/mol. The van der Waals surface area contributed by atoms with Crippen LogP contribution in [0.25, 0.3) is 0 Å². The normalized spacial score (nSPS) is 23.0. The van der Waals surface area contributed by atoms with Crippen LogP contribution in [0.2, 0.25) is 0 Å². The Balaban J connectivity index is 1.34. The molecule has 2 saturated heterocycles. The van der Waals surface area contributed by atoms with Gasteiger partial charge in [0.15, 0.2) is 16.8 Å². The average Bonchev–Trinajstić information content (AvgIpc) is 3.27. The highest BCUT2D eigenvalue weighted by Crippen LogP contribution is 2.40. The number of hydrogen-bond donors (Lipinski definition) is 7. The SMILES string of the molecule is N=C(N)N(Cc1cnn(C[C@H]2[C@H](NC(=O)C(=NOC3(C(=O)O)CC3)c3csc(N)n3)C(=O)N2S(=O)(=O)O)n1)[C@H]1CCNC1. The first-order valence-corrected chi connectivity index (χ1v) is 15.1. The number of hydrogen-bond acceptors (Lipinski definition) is 14. The monoisotopic (exact) mass is 640 g/mol. The zero-order valence-corrected chi connectivity index (χ0v) is 23.9. The van der Waals surface area contributed by atoms with Gasteiger partial charge in [0, 0.05) is 30.8 Å². The Bertz CT molecular complexity index is 1580. The van der Waals surface area contributed by atoms with E-state index in [-0.39, 0.29) is 53.1 Å². The van der Waals surface area contributed by atoms with Gasteiger partial charge in [-0.2, -0.15) is 23.4 Å². The number of oxime groups is 1. The van der Waals surface area contributed by atoms with Crippen LogP contribution in [0.4, 0.5) is 5.13 Å². The fourth-order valence-electron chi connectivity index (χ4n) is 4.69. The van der Waals surface area contributed by atoms with Crippen molar-refractivity contribution in [2.24, 2.45) is 10.9 Å². The predicted octanol–water partition coefficient (Wildman–Crippen LogP) is -3.09. The van der Waals surface area contributed by atoms with Gasteiger partial charge in [0.25, 0.3) is 11.8 Å². The van der Waals surface area contributed by atoms with Crippen LogP contribution in [0, 0.1) is 5.41 Å². The lowest BCUT2D eigenvalue weighted by molar-refractivity contribution is -0.153. The molecule has 0 spiro atoms. The summed E-state index contributed by atoms with van der Waals surface area (Å²) in [6, 6.07) is -2.87. The van der Waals surface area contributed by atoms with Crippen molar-refractivity contribution >= 4 is 56.2 Å². The molecule has 0 unspecified atom stereocenters. The maximum atomic E-state index is 13.3. The molecule has 3 atom stereocenters. The number of nitrogens with zero attached hydrogens (tertiary/aromatic N) is 7. The molecule has 0 aromatic carbocycles. The van der Waals surface area contributed by atoms with E-state index in [1.54, 1.807) is 4.90 Å². The molecular formula is C21H28N12O8S2. The number of thiazole rings is 1. The van der Waals surface area contributed by atoms with Crippen molar-refractivity contribution in [2.75, 3.05) is 18.8 Å². The van der Waals surface area contributed by atoms with Crippen molar-refractivity contribution in [2.45, 2.75) is 56.1 Å². The fourth-order valence-corrected chi connectivity index (χ4v) is 6.11. The number of carbonyl (C=O) groups excluding carboxylic acids is 2. The summed E-state index contributed by atoms with van der Waals surface area (Å²) in [6.07, 6.45) is 2.47. The lowest BCUT2D eigenvalue weighted by Gasteiger charge is -2.43. The van der Waals surface area contributed by atoms with Crippen LogP contribution in [0.5, 0.6) is 0 Å². The molecule has 0 radical (unpaired) electrons. The number of rotatable bonds is 12. The number of aromatic nitrogens is 4. The van der Waals surface area contributed by atoms with Crippen LogP contribution in [-0.2, 0) is 42.6 Å². The summed E-state index contributed by atoms with van der Waals surface area (Å²) in [7, 11) is -5.03. The van der Waals surface area contributed by atoms with Crippen molar-refractivity contribution in [3.8, 4) is 0 Å². The van der Waals surface area contributed by atoms with Crippen molar-refractivity contribution in [1.29, 1.82) is 5.41 Å². The minimum atomic E-state index is -5.03. The molecule has 1 saturated carbocycles. The van der Waals surface area contributed by atoms with Gasteiger partial charge in [-0.15, -0.1) is 11.3 Å². The molecule has 232 valence electrons. The minimum Gasteiger partial charge on any atom is -0.478 e. The first-order chi connectivity index (χ1) is 20.3. The fraction of sp³-hybridized carbons (Fsp3) is 0.524. The van der Waals surface area contributed by atoms with Crippen LogP contribution < -0.4 is 22.1 Å². The number of nitrogens with two attached hydrogens (primary N) is 2. The van der Waals surface area contributed by atoms with Gasteiger partial charge >= 0.3 is 16.3 Å². The second kappa shape index (κ2) is 11.3. The molecule has 3 aliphatic rings. The van der Waals surface area contributed by atoms with Crippen molar-refractivity contribution in [3.63, 3.8) is 0 Å². The molecule has 2 amide bonds. The van der Waals surface area contributed by atoms with Gasteiger partial charge in [-0.3, -0.25) is 19.6 Å². The van der Waals surface area contributed by atoms with Gasteiger partial charge in [-0.05, 0) is 13.0 Å². The second-order valence-corrected chi connectivity index (χ2v) is 12.3. The van der Waals surface area contributed by atoms with Gasteiger partial charge in [0.1, 0.15) is 23.5 Å². The smallest absolute Gasteiger partial charge is 0.362 e. The lowest BCUT2D eigenvalue weighted by atomic mass is 9.98. The second-order valence-electron chi connectivity index (χ2n) is 10.1. The standard InChI is InChI=1S/C21H28N12O8S2/c22-19(23)31(11-1-4-25-6-11)7-10-5-26-32(29-10)8-13-15(17(35)33(13)43(38,39)40)28-16(34)14(12-9-42-20(24)27-12)30-41-21(2-3-21)18(36)37/h5,9,11,13,15,25H,1-4,6-8H2,(H3,22,23)(H2,24,27)(H,28,34)(H,36,37)(H,38,39,40)/t11-,13-,15-/m0/s1. The highest BCUT2D eigenvalue weighted by molar-refractivity contribution is 7.84. The van der Waals surface area contributed by atoms with Gasteiger partial charge in [0.05, 0.1) is 19.3 Å². The molecule has 9 N–H and O–H groups in total.